The molecule has 1 heterocycles. The normalized spacial score (nSPS) is 11.8. The number of carbonyl (C=O) groups is 2. The molecule has 1 amide bonds. The molecule has 8 heteroatoms. The molecule has 0 aliphatic rings. The minimum absolute atomic E-state index is 0.0899. The Balaban J connectivity index is 1.67. The molecule has 0 fully saturated rings. The predicted octanol–water partition coefficient (Wildman–Crippen LogP) is 4.39. The van der Waals surface area contributed by atoms with Gasteiger partial charge in [-0.3, -0.25) is 9.59 Å². The molecule has 2 aromatic carbocycles. The smallest absolute Gasteiger partial charge is 0.310 e. The predicted molar refractivity (Wildman–Crippen MR) is 113 cm³/mol. The molecule has 6 nitrogen and oxygen atoms in total. The summed E-state index contributed by atoms with van der Waals surface area (Å²) < 4.78 is 37.4. The van der Waals surface area contributed by atoms with Crippen LogP contribution >= 0.6 is 0 Å². The summed E-state index contributed by atoms with van der Waals surface area (Å²) >= 11 is 0. The van der Waals surface area contributed by atoms with Crippen LogP contribution < -0.4 is 0 Å². The van der Waals surface area contributed by atoms with Gasteiger partial charge in [0.1, 0.15) is 11.6 Å². The zero-order chi connectivity index (χ0) is 23.1. The van der Waals surface area contributed by atoms with Crippen molar-refractivity contribution >= 4 is 11.9 Å². The Kier molecular flexibility index (Phi) is 7.70. The molecule has 0 saturated heterocycles. The van der Waals surface area contributed by atoms with Crippen LogP contribution in [0.2, 0.25) is 0 Å². The highest BCUT2D eigenvalue weighted by Crippen LogP contribution is 2.24. The number of esters is 1. The number of rotatable bonds is 9. The lowest BCUT2D eigenvalue weighted by molar-refractivity contribution is -0.146. The van der Waals surface area contributed by atoms with E-state index in [0.717, 1.165) is 17.7 Å². The van der Waals surface area contributed by atoms with Gasteiger partial charge in [-0.05, 0) is 17.7 Å². The Morgan fingerprint density at radius 1 is 1.16 bits per heavy atom. The number of ether oxygens (including phenoxy) is 1. The quantitative estimate of drug-likeness (QED) is 0.460. The van der Waals surface area contributed by atoms with E-state index in [1.54, 1.807) is 11.8 Å². The molecule has 3 aromatic rings. The molecular weight excluding hydrogens is 418 g/mol. The van der Waals surface area contributed by atoms with E-state index in [2.05, 4.69) is 4.98 Å². The summed E-state index contributed by atoms with van der Waals surface area (Å²) in [6.45, 7) is 2.26. The van der Waals surface area contributed by atoms with Crippen molar-refractivity contribution in [3.05, 3.63) is 77.8 Å². The number of carbonyl (C=O) groups excluding carboxylic acids is 2. The van der Waals surface area contributed by atoms with Gasteiger partial charge in [-0.15, -0.1) is 0 Å². The van der Waals surface area contributed by atoms with Gasteiger partial charge in [-0.2, -0.15) is 0 Å². The monoisotopic (exact) mass is 442 g/mol. The van der Waals surface area contributed by atoms with Crippen molar-refractivity contribution in [3.8, 4) is 11.3 Å². The number of hydrogen-bond acceptors (Lipinski definition) is 5. The molecule has 0 saturated carbocycles. The molecule has 0 N–H and O–H groups in total. The molecule has 168 valence electrons. The Labute approximate surface area is 184 Å². The lowest BCUT2D eigenvalue weighted by Gasteiger charge is -2.25. The van der Waals surface area contributed by atoms with Gasteiger partial charge < -0.3 is 14.1 Å². The van der Waals surface area contributed by atoms with Gasteiger partial charge in [0.15, 0.2) is 11.7 Å². The first-order valence-corrected chi connectivity index (χ1v) is 10.2. The maximum Gasteiger partial charge on any atom is 0.310 e. The number of hydrogen-bond donors (Lipinski definition) is 0. The Bertz CT molecular complexity index is 1070. The fourth-order valence-corrected chi connectivity index (χ4v) is 3.28. The third-order valence-corrected chi connectivity index (χ3v) is 4.97. The van der Waals surface area contributed by atoms with Gasteiger partial charge in [-0.1, -0.05) is 37.3 Å². The number of aromatic nitrogens is 1. The number of amides is 1. The van der Waals surface area contributed by atoms with Crippen LogP contribution in [0.1, 0.15) is 24.8 Å². The van der Waals surface area contributed by atoms with Crippen LogP contribution in [-0.2, 0) is 27.3 Å². The van der Waals surface area contributed by atoms with E-state index in [-0.39, 0.29) is 42.5 Å². The van der Waals surface area contributed by atoms with Crippen molar-refractivity contribution in [2.45, 2.75) is 26.3 Å². The second kappa shape index (κ2) is 10.7. The number of benzene rings is 2. The highest BCUT2D eigenvalue weighted by atomic mass is 19.1. The molecule has 0 aliphatic heterocycles. The van der Waals surface area contributed by atoms with Crippen molar-refractivity contribution in [3.63, 3.8) is 0 Å². The molecule has 0 aliphatic carbocycles. The van der Waals surface area contributed by atoms with E-state index in [1.807, 2.05) is 30.3 Å². The largest absolute Gasteiger partial charge is 0.469 e. The minimum Gasteiger partial charge on any atom is -0.469 e. The maximum atomic E-state index is 14.0. The zero-order valence-corrected chi connectivity index (χ0v) is 17.9. The summed E-state index contributed by atoms with van der Waals surface area (Å²) in [6.07, 6.45) is 1.63. The third kappa shape index (κ3) is 6.00. The molecule has 0 bridgehead atoms. The Hall–Kier alpha value is -3.55. The number of oxazole rings is 1. The topological polar surface area (TPSA) is 72.6 Å². The summed E-state index contributed by atoms with van der Waals surface area (Å²) in [6, 6.07) is 12.6. The Morgan fingerprint density at radius 3 is 2.59 bits per heavy atom. The van der Waals surface area contributed by atoms with Crippen molar-refractivity contribution in [2.24, 2.45) is 5.92 Å². The average Bonchev–Trinajstić information content (AvgIpc) is 3.25. The van der Waals surface area contributed by atoms with Gasteiger partial charge in [-0.25, -0.2) is 13.8 Å². The van der Waals surface area contributed by atoms with Crippen molar-refractivity contribution < 1.29 is 27.5 Å². The van der Waals surface area contributed by atoms with Crippen LogP contribution in [0.3, 0.4) is 0 Å². The molecule has 1 atom stereocenters. The van der Waals surface area contributed by atoms with Crippen LogP contribution in [0.15, 0.2) is 59.1 Å². The fourth-order valence-electron chi connectivity index (χ4n) is 3.28. The van der Waals surface area contributed by atoms with E-state index in [4.69, 9.17) is 9.15 Å². The van der Waals surface area contributed by atoms with Crippen LogP contribution in [0.25, 0.3) is 11.3 Å². The first-order valence-electron chi connectivity index (χ1n) is 10.2. The first kappa shape index (κ1) is 23.1. The highest BCUT2D eigenvalue weighted by Gasteiger charge is 2.22. The lowest BCUT2D eigenvalue weighted by Crippen LogP contribution is -2.37. The lowest BCUT2D eigenvalue weighted by atomic mass is 10.1. The van der Waals surface area contributed by atoms with Gasteiger partial charge in [0.25, 0.3) is 0 Å². The van der Waals surface area contributed by atoms with Gasteiger partial charge in [0, 0.05) is 32.0 Å². The van der Waals surface area contributed by atoms with Crippen molar-refractivity contribution in [1.82, 2.24) is 9.88 Å². The molecule has 1 aromatic heterocycles. The number of aryl methyl sites for hydroxylation is 1. The minimum atomic E-state index is -0.755. The van der Waals surface area contributed by atoms with Crippen LogP contribution in [0.4, 0.5) is 8.78 Å². The first-order chi connectivity index (χ1) is 15.4. The van der Waals surface area contributed by atoms with Crippen LogP contribution in [-0.4, -0.2) is 35.4 Å². The SMILES string of the molecule is COC(=O)C(C)CN(Cc1ccccc1)C(=O)CCc1ncc(-c2ccc(F)cc2F)o1. The van der Waals surface area contributed by atoms with Gasteiger partial charge in [0.2, 0.25) is 5.91 Å². The summed E-state index contributed by atoms with van der Waals surface area (Å²) in [5, 5.41) is 0. The second-order valence-corrected chi connectivity index (χ2v) is 7.43. The van der Waals surface area contributed by atoms with Crippen LogP contribution in [0, 0.1) is 17.6 Å². The average molecular weight is 442 g/mol. The van der Waals surface area contributed by atoms with E-state index < -0.39 is 23.5 Å². The number of halogens is 2. The molecular formula is C24H24F2N2O4. The highest BCUT2D eigenvalue weighted by molar-refractivity contribution is 5.78. The standard InChI is InChI=1S/C24H24F2N2O4/c1-16(24(30)31-2)14-28(15-17-6-4-3-5-7-17)23(29)11-10-22-27-13-21(32-22)19-9-8-18(25)12-20(19)26/h3-9,12-13,16H,10-11,14-15H2,1-2H3. The van der Waals surface area contributed by atoms with Crippen LogP contribution in [0.5, 0.6) is 0 Å². The Morgan fingerprint density at radius 2 is 1.91 bits per heavy atom. The fraction of sp³-hybridized carbons (Fsp3) is 0.292. The van der Waals surface area contributed by atoms with E-state index >= 15 is 0 Å². The van der Waals surface area contributed by atoms with Crippen molar-refractivity contribution in [2.75, 3.05) is 13.7 Å². The zero-order valence-electron chi connectivity index (χ0n) is 17.9. The third-order valence-electron chi connectivity index (χ3n) is 4.97. The van der Waals surface area contributed by atoms with Crippen molar-refractivity contribution in [1.29, 1.82) is 0 Å². The molecule has 0 spiro atoms. The number of nitrogens with zero attached hydrogens (tertiary/aromatic N) is 2. The second-order valence-electron chi connectivity index (χ2n) is 7.43. The van der Waals surface area contributed by atoms with E-state index in [1.165, 1.54) is 19.4 Å². The molecule has 32 heavy (non-hydrogen) atoms. The van der Waals surface area contributed by atoms with Gasteiger partial charge >= 0.3 is 5.97 Å². The van der Waals surface area contributed by atoms with E-state index in [0.29, 0.717) is 6.54 Å². The summed E-state index contributed by atoms with van der Waals surface area (Å²) in [4.78, 5) is 30.5. The molecule has 1 unspecified atom stereocenters. The van der Waals surface area contributed by atoms with E-state index in [9.17, 15) is 18.4 Å². The van der Waals surface area contributed by atoms with Gasteiger partial charge in [0.05, 0.1) is 24.8 Å². The molecule has 3 rings (SSSR count). The molecule has 0 radical (unpaired) electrons. The summed E-state index contributed by atoms with van der Waals surface area (Å²) in [5.41, 5.74) is 1.03. The maximum absolute atomic E-state index is 14.0. The summed E-state index contributed by atoms with van der Waals surface area (Å²) in [5.74, 6) is -2.08. The number of methoxy groups -OCH3 is 1. The summed E-state index contributed by atoms with van der Waals surface area (Å²) in [7, 11) is 1.31.